The molecular weight excluding hydrogens is 234 g/mol. The topological polar surface area (TPSA) is 42.1 Å². The number of hydrogen-bond donors (Lipinski definition) is 1. The van der Waals surface area contributed by atoms with Crippen LogP contribution in [0.5, 0.6) is 0 Å². The molecule has 0 unspecified atom stereocenters. The lowest BCUT2D eigenvalue weighted by Crippen LogP contribution is -2.20. The summed E-state index contributed by atoms with van der Waals surface area (Å²) in [4.78, 5) is 6.78. The summed E-state index contributed by atoms with van der Waals surface area (Å²) < 4.78 is 0. The monoisotopic (exact) mass is 253 g/mol. The number of benzene rings is 1. The second-order valence-electron chi connectivity index (χ2n) is 4.91. The molecule has 1 aliphatic heterocycles. The van der Waals surface area contributed by atoms with Crippen molar-refractivity contribution < 1.29 is 0 Å². The lowest BCUT2D eigenvalue weighted by atomic mass is 10.1. The van der Waals surface area contributed by atoms with Gasteiger partial charge < -0.3 is 10.6 Å². The van der Waals surface area contributed by atoms with Gasteiger partial charge in [0.05, 0.1) is 11.4 Å². The summed E-state index contributed by atoms with van der Waals surface area (Å²) in [7, 11) is 0. The zero-order valence-electron chi connectivity index (χ0n) is 11.0. The molecule has 98 valence electrons. The second kappa shape index (κ2) is 5.41. The van der Waals surface area contributed by atoms with Crippen molar-refractivity contribution in [3.63, 3.8) is 0 Å². The van der Waals surface area contributed by atoms with E-state index in [0.29, 0.717) is 6.54 Å². The summed E-state index contributed by atoms with van der Waals surface area (Å²) in [5.74, 6) is 0. The standard InChI is InChI=1S/C16H19N3/c17-12-14-16(9-5-10-18-14)19-11-4-3-7-13-6-1-2-8-15(13)19/h1-2,5-6,8-10H,3-4,7,11-12,17H2. The molecule has 0 aliphatic carbocycles. The first-order chi connectivity index (χ1) is 9.40. The van der Waals surface area contributed by atoms with Gasteiger partial charge in [0.15, 0.2) is 0 Å². The summed E-state index contributed by atoms with van der Waals surface area (Å²) >= 11 is 0. The maximum absolute atomic E-state index is 5.83. The Kier molecular flexibility index (Phi) is 3.47. The van der Waals surface area contributed by atoms with Gasteiger partial charge in [-0.1, -0.05) is 18.2 Å². The molecule has 3 nitrogen and oxygen atoms in total. The van der Waals surface area contributed by atoms with Crippen LogP contribution in [0.25, 0.3) is 0 Å². The van der Waals surface area contributed by atoms with E-state index in [4.69, 9.17) is 5.73 Å². The van der Waals surface area contributed by atoms with Gasteiger partial charge in [-0.3, -0.25) is 4.98 Å². The normalized spacial score (nSPS) is 14.9. The van der Waals surface area contributed by atoms with E-state index >= 15 is 0 Å². The van der Waals surface area contributed by atoms with E-state index in [1.165, 1.54) is 24.1 Å². The molecule has 0 fully saturated rings. The number of hydrogen-bond acceptors (Lipinski definition) is 3. The molecule has 2 aromatic rings. The third kappa shape index (κ3) is 2.34. The van der Waals surface area contributed by atoms with Gasteiger partial charge in [0, 0.05) is 25.0 Å². The van der Waals surface area contributed by atoms with Crippen LogP contribution in [0.3, 0.4) is 0 Å². The number of rotatable bonds is 2. The Hall–Kier alpha value is -1.87. The molecule has 0 atom stereocenters. The second-order valence-corrected chi connectivity index (χ2v) is 4.91. The van der Waals surface area contributed by atoms with E-state index < -0.39 is 0 Å². The van der Waals surface area contributed by atoms with Crippen LogP contribution in [0.1, 0.15) is 24.1 Å². The molecular formula is C16H19N3. The van der Waals surface area contributed by atoms with Crippen molar-refractivity contribution >= 4 is 11.4 Å². The largest absolute Gasteiger partial charge is 0.340 e. The summed E-state index contributed by atoms with van der Waals surface area (Å²) in [6, 6.07) is 12.8. The molecule has 0 amide bonds. The van der Waals surface area contributed by atoms with Crippen LogP contribution in [0.15, 0.2) is 42.6 Å². The molecule has 0 saturated heterocycles. The maximum atomic E-state index is 5.83. The molecule has 0 radical (unpaired) electrons. The molecule has 0 bridgehead atoms. The maximum Gasteiger partial charge on any atom is 0.0775 e. The van der Waals surface area contributed by atoms with Gasteiger partial charge in [0.25, 0.3) is 0 Å². The SMILES string of the molecule is NCc1ncccc1N1CCCCc2ccccc21. The number of pyridine rings is 1. The third-order valence-electron chi connectivity index (χ3n) is 3.71. The molecule has 0 saturated carbocycles. The van der Waals surface area contributed by atoms with Crippen molar-refractivity contribution in [2.24, 2.45) is 5.73 Å². The molecule has 3 rings (SSSR count). The minimum Gasteiger partial charge on any atom is -0.340 e. The number of nitrogens with zero attached hydrogens (tertiary/aromatic N) is 2. The van der Waals surface area contributed by atoms with Crippen LogP contribution < -0.4 is 10.6 Å². The van der Waals surface area contributed by atoms with E-state index in [1.54, 1.807) is 0 Å². The van der Waals surface area contributed by atoms with Crippen molar-refractivity contribution in [1.82, 2.24) is 4.98 Å². The Labute approximate surface area is 114 Å². The zero-order chi connectivity index (χ0) is 13.1. The van der Waals surface area contributed by atoms with Gasteiger partial charge in [-0.05, 0) is 43.0 Å². The first kappa shape index (κ1) is 12.2. The minimum absolute atomic E-state index is 0.481. The first-order valence-corrected chi connectivity index (χ1v) is 6.89. The van der Waals surface area contributed by atoms with Crippen LogP contribution in [0.2, 0.25) is 0 Å². The van der Waals surface area contributed by atoms with Crippen molar-refractivity contribution in [3.05, 3.63) is 53.9 Å². The van der Waals surface area contributed by atoms with Crippen LogP contribution in [0.4, 0.5) is 11.4 Å². The molecule has 2 heterocycles. The highest BCUT2D eigenvalue weighted by atomic mass is 15.1. The van der Waals surface area contributed by atoms with Crippen molar-refractivity contribution in [2.75, 3.05) is 11.4 Å². The van der Waals surface area contributed by atoms with Crippen LogP contribution in [-0.4, -0.2) is 11.5 Å². The van der Waals surface area contributed by atoms with E-state index in [2.05, 4.69) is 40.2 Å². The summed E-state index contributed by atoms with van der Waals surface area (Å²) in [5.41, 5.74) is 10.7. The zero-order valence-corrected chi connectivity index (χ0v) is 11.0. The van der Waals surface area contributed by atoms with Crippen molar-refractivity contribution in [3.8, 4) is 0 Å². The Balaban J connectivity index is 2.09. The van der Waals surface area contributed by atoms with Gasteiger partial charge >= 0.3 is 0 Å². The molecule has 19 heavy (non-hydrogen) atoms. The summed E-state index contributed by atoms with van der Waals surface area (Å²) in [5, 5.41) is 0. The van der Waals surface area contributed by atoms with Crippen LogP contribution in [0, 0.1) is 0 Å². The Morgan fingerprint density at radius 2 is 1.89 bits per heavy atom. The predicted octanol–water partition coefficient (Wildman–Crippen LogP) is 3.01. The Bertz CT molecular complexity index is 565. The Morgan fingerprint density at radius 1 is 1.05 bits per heavy atom. The van der Waals surface area contributed by atoms with E-state index in [0.717, 1.165) is 24.3 Å². The van der Waals surface area contributed by atoms with Gasteiger partial charge in [-0.2, -0.15) is 0 Å². The molecule has 0 spiro atoms. The minimum atomic E-state index is 0.481. The summed E-state index contributed by atoms with van der Waals surface area (Å²) in [6.07, 6.45) is 5.42. The van der Waals surface area contributed by atoms with Crippen LogP contribution in [-0.2, 0) is 13.0 Å². The fraction of sp³-hybridized carbons (Fsp3) is 0.312. The highest BCUT2D eigenvalue weighted by Crippen LogP contribution is 2.33. The smallest absolute Gasteiger partial charge is 0.0775 e. The lowest BCUT2D eigenvalue weighted by molar-refractivity contribution is 0.758. The molecule has 1 aliphatic rings. The highest BCUT2D eigenvalue weighted by Gasteiger charge is 2.18. The van der Waals surface area contributed by atoms with E-state index in [1.807, 2.05) is 12.3 Å². The number of para-hydroxylation sites is 1. The van der Waals surface area contributed by atoms with Gasteiger partial charge in [0.1, 0.15) is 0 Å². The number of aromatic nitrogens is 1. The van der Waals surface area contributed by atoms with Crippen molar-refractivity contribution in [2.45, 2.75) is 25.8 Å². The summed E-state index contributed by atoms with van der Waals surface area (Å²) in [6.45, 7) is 1.52. The van der Waals surface area contributed by atoms with E-state index in [-0.39, 0.29) is 0 Å². The molecule has 3 heteroatoms. The van der Waals surface area contributed by atoms with E-state index in [9.17, 15) is 0 Å². The van der Waals surface area contributed by atoms with Crippen LogP contribution >= 0.6 is 0 Å². The number of nitrogens with two attached hydrogens (primary N) is 1. The lowest BCUT2D eigenvalue weighted by Gasteiger charge is -2.26. The number of aryl methyl sites for hydroxylation is 1. The highest BCUT2D eigenvalue weighted by molar-refractivity contribution is 5.68. The van der Waals surface area contributed by atoms with Gasteiger partial charge in [-0.25, -0.2) is 0 Å². The average molecular weight is 253 g/mol. The first-order valence-electron chi connectivity index (χ1n) is 6.89. The fourth-order valence-corrected chi connectivity index (χ4v) is 2.77. The van der Waals surface area contributed by atoms with Crippen molar-refractivity contribution in [1.29, 1.82) is 0 Å². The number of anilines is 2. The predicted molar refractivity (Wildman–Crippen MR) is 78.5 cm³/mol. The van der Waals surface area contributed by atoms with Gasteiger partial charge in [0.2, 0.25) is 0 Å². The van der Waals surface area contributed by atoms with Gasteiger partial charge in [-0.15, -0.1) is 0 Å². The third-order valence-corrected chi connectivity index (χ3v) is 3.71. The quantitative estimate of drug-likeness (QED) is 0.894. The molecule has 1 aromatic carbocycles. The molecule has 2 N–H and O–H groups in total. The number of fused-ring (bicyclic) bond motifs is 1. The fourth-order valence-electron chi connectivity index (χ4n) is 2.77. The molecule has 1 aromatic heterocycles. The average Bonchev–Trinajstić information content (AvgIpc) is 2.69. The Morgan fingerprint density at radius 3 is 2.79 bits per heavy atom.